The van der Waals surface area contributed by atoms with Crippen LogP contribution in [-0.4, -0.2) is 20.6 Å². The van der Waals surface area contributed by atoms with Gasteiger partial charge in [0.05, 0.1) is 4.90 Å². The highest BCUT2D eigenvalue weighted by atomic mass is 32.2. The van der Waals surface area contributed by atoms with Crippen molar-refractivity contribution in [3.05, 3.63) is 35.0 Å². The van der Waals surface area contributed by atoms with Crippen molar-refractivity contribution in [2.75, 3.05) is 7.11 Å². The fraction of sp³-hybridized carbons (Fsp3) is 0.250. The van der Waals surface area contributed by atoms with Gasteiger partial charge in [-0.1, -0.05) is 17.7 Å². The number of rotatable bonds is 3. The molecule has 0 fully saturated rings. The molecular weight excluding hydrogens is 220 g/mol. The van der Waals surface area contributed by atoms with E-state index in [1.165, 1.54) is 12.1 Å². The van der Waals surface area contributed by atoms with Crippen molar-refractivity contribution in [2.45, 2.75) is 11.8 Å². The third kappa shape index (κ3) is 2.91. The van der Waals surface area contributed by atoms with Gasteiger partial charge in [0.2, 0.25) is 0 Å². The minimum absolute atomic E-state index is 0.0500. The van der Waals surface area contributed by atoms with E-state index in [0.717, 1.165) is 12.7 Å². The molecule has 1 aromatic carbocycles. The summed E-state index contributed by atoms with van der Waals surface area (Å²) in [6.07, 6.45) is 0. The van der Waals surface area contributed by atoms with E-state index in [4.69, 9.17) is 0 Å². The topological polar surface area (TPSA) is 81.8 Å². The Morgan fingerprint density at radius 3 is 2.33 bits per heavy atom. The molecule has 1 aromatic rings. The third-order valence-corrected chi connectivity index (χ3v) is 2.87. The van der Waals surface area contributed by atoms with Gasteiger partial charge < -0.3 is 4.84 Å². The van der Waals surface area contributed by atoms with Crippen molar-refractivity contribution >= 4 is 10.0 Å². The number of nitrogens with zero attached hydrogens (tertiary/aromatic N) is 2. The van der Waals surface area contributed by atoms with E-state index in [2.05, 4.69) is 9.36 Å². The molecule has 0 N–H and O–H groups in total. The van der Waals surface area contributed by atoms with Gasteiger partial charge in [-0.2, -0.15) is 8.42 Å². The maximum Gasteiger partial charge on any atom is 0.342 e. The molecule has 0 radical (unpaired) electrons. The second-order valence-electron chi connectivity index (χ2n) is 2.79. The first-order chi connectivity index (χ1) is 6.95. The van der Waals surface area contributed by atoms with E-state index in [1.807, 2.05) is 6.92 Å². The van der Waals surface area contributed by atoms with Crippen LogP contribution in [0.2, 0.25) is 0 Å². The molecule has 0 bridgehead atoms. The molecule has 82 valence electrons. The molecule has 0 aliphatic heterocycles. The molecule has 15 heavy (non-hydrogen) atoms. The molecule has 6 nitrogen and oxygen atoms in total. The summed E-state index contributed by atoms with van der Waals surface area (Å²) in [4.78, 5) is 4.01. The SMILES string of the molecule is CO/[N+]([O-])=N\S(=O)(=O)c1ccc(C)cc1. The standard InChI is InChI=1S/C8H10N2O4S/c1-7-3-5-8(6-4-7)15(12,13)9-10(11)14-2/h3-6H,1-2H3/b10-9-. The van der Waals surface area contributed by atoms with Crippen molar-refractivity contribution in [1.29, 1.82) is 0 Å². The van der Waals surface area contributed by atoms with Crippen LogP contribution in [0.1, 0.15) is 5.56 Å². The fourth-order valence-electron chi connectivity index (χ4n) is 0.878. The van der Waals surface area contributed by atoms with Gasteiger partial charge in [-0.15, -0.1) is 0 Å². The average Bonchev–Trinajstić information content (AvgIpc) is 2.17. The minimum atomic E-state index is -3.97. The Kier molecular flexibility index (Phi) is 3.25. The molecular formula is C8H10N2O4S. The lowest BCUT2D eigenvalue weighted by molar-refractivity contribution is -0.777. The predicted octanol–water partition coefficient (Wildman–Crippen LogP) is 1.21. The van der Waals surface area contributed by atoms with Crippen molar-refractivity contribution in [2.24, 2.45) is 4.52 Å². The molecule has 0 aliphatic carbocycles. The first kappa shape index (κ1) is 11.4. The Hall–Kier alpha value is -1.63. The first-order valence-corrected chi connectivity index (χ1v) is 5.45. The van der Waals surface area contributed by atoms with Gasteiger partial charge >= 0.3 is 10.0 Å². The normalized spacial score (nSPS) is 12.5. The molecule has 0 aromatic heterocycles. The Morgan fingerprint density at radius 2 is 1.87 bits per heavy atom. The molecule has 0 unspecified atom stereocenters. The monoisotopic (exact) mass is 230 g/mol. The molecule has 1 rings (SSSR count). The molecule has 0 spiro atoms. The van der Waals surface area contributed by atoms with Gasteiger partial charge in [0.25, 0.3) is 0 Å². The molecule has 7 heteroatoms. The number of aryl methyl sites for hydroxylation is 1. The highest BCUT2D eigenvalue weighted by Gasteiger charge is 2.18. The molecule has 0 saturated carbocycles. The van der Waals surface area contributed by atoms with E-state index in [-0.39, 0.29) is 9.92 Å². The second-order valence-corrected chi connectivity index (χ2v) is 4.38. The Morgan fingerprint density at radius 1 is 1.33 bits per heavy atom. The summed E-state index contributed by atoms with van der Waals surface area (Å²) in [5.41, 5.74) is 0.916. The Labute approximate surface area is 87.4 Å². The summed E-state index contributed by atoms with van der Waals surface area (Å²) in [5, 5.41) is 10.3. The number of benzene rings is 1. The van der Waals surface area contributed by atoms with Gasteiger partial charge in [-0.3, -0.25) is 0 Å². The Bertz CT molecular complexity index is 464. The van der Waals surface area contributed by atoms with Gasteiger partial charge in [-0.25, -0.2) is 5.21 Å². The van der Waals surface area contributed by atoms with Crippen LogP contribution in [-0.2, 0) is 14.9 Å². The zero-order valence-corrected chi connectivity index (χ0v) is 9.06. The highest BCUT2D eigenvalue weighted by Crippen LogP contribution is 2.13. The van der Waals surface area contributed by atoms with E-state index < -0.39 is 10.0 Å². The number of sulfonamides is 1. The van der Waals surface area contributed by atoms with Crippen LogP contribution in [0.3, 0.4) is 0 Å². The minimum Gasteiger partial charge on any atom is -0.383 e. The van der Waals surface area contributed by atoms with Gasteiger partial charge in [0, 0.05) is 7.11 Å². The van der Waals surface area contributed by atoms with Crippen LogP contribution in [0.15, 0.2) is 33.7 Å². The lowest BCUT2D eigenvalue weighted by Crippen LogP contribution is -2.04. The van der Waals surface area contributed by atoms with E-state index >= 15 is 0 Å². The van der Waals surface area contributed by atoms with Crippen LogP contribution >= 0.6 is 0 Å². The zero-order chi connectivity index (χ0) is 11.5. The van der Waals surface area contributed by atoms with Gasteiger partial charge in [-0.05, 0) is 19.1 Å². The maximum atomic E-state index is 11.4. The fourth-order valence-corrected chi connectivity index (χ4v) is 1.69. The predicted molar refractivity (Wildman–Crippen MR) is 51.4 cm³/mol. The molecule has 0 atom stereocenters. The summed E-state index contributed by atoms with van der Waals surface area (Å²) in [6, 6.07) is 5.98. The summed E-state index contributed by atoms with van der Waals surface area (Å²) >= 11 is 0. The summed E-state index contributed by atoms with van der Waals surface area (Å²) in [7, 11) is -2.95. The van der Waals surface area contributed by atoms with E-state index in [9.17, 15) is 13.6 Å². The lowest BCUT2D eigenvalue weighted by atomic mass is 10.2. The first-order valence-electron chi connectivity index (χ1n) is 4.01. The maximum absolute atomic E-state index is 11.4. The average molecular weight is 230 g/mol. The van der Waals surface area contributed by atoms with Crippen molar-refractivity contribution in [3.63, 3.8) is 0 Å². The van der Waals surface area contributed by atoms with Crippen LogP contribution in [0.25, 0.3) is 0 Å². The summed E-state index contributed by atoms with van der Waals surface area (Å²) in [5.74, 6) is 0. The molecule has 0 aliphatic rings. The van der Waals surface area contributed by atoms with E-state index in [0.29, 0.717) is 0 Å². The van der Waals surface area contributed by atoms with Crippen LogP contribution in [0.4, 0.5) is 0 Å². The second kappa shape index (κ2) is 4.26. The van der Waals surface area contributed by atoms with Gasteiger partial charge in [0.15, 0.2) is 9.54 Å². The quantitative estimate of drug-likeness (QED) is 0.577. The zero-order valence-electron chi connectivity index (χ0n) is 8.25. The van der Waals surface area contributed by atoms with Crippen molar-refractivity contribution < 1.29 is 18.3 Å². The van der Waals surface area contributed by atoms with Gasteiger partial charge in [0.1, 0.15) is 0 Å². The van der Waals surface area contributed by atoms with Crippen molar-refractivity contribution in [3.8, 4) is 0 Å². The molecule has 0 saturated heterocycles. The molecule has 0 heterocycles. The summed E-state index contributed by atoms with van der Waals surface area (Å²) in [6.45, 7) is 1.82. The molecule has 0 amide bonds. The van der Waals surface area contributed by atoms with Crippen LogP contribution < -0.4 is 0 Å². The lowest BCUT2D eigenvalue weighted by Gasteiger charge is -1.97. The summed E-state index contributed by atoms with van der Waals surface area (Å²) < 4.78 is 25.7. The number of hydrogen-bond donors (Lipinski definition) is 0. The number of hydrogen-bond acceptors (Lipinski definition) is 4. The highest BCUT2D eigenvalue weighted by molar-refractivity contribution is 7.89. The van der Waals surface area contributed by atoms with Crippen molar-refractivity contribution in [1.82, 2.24) is 0 Å². The van der Waals surface area contributed by atoms with E-state index in [1.54, 1.807) is 12.1 Å². The van der Waals surface area contributed by atoms with Crippen LogP contribution in [0, 0.1) is 12.1 Å². The largest absolute Gasteiger partial charge is 0.383 e. The smallest absolute Gasteiger partial charge is 0.342 e. The van der Waals surface area contributed by atoms with Crippen LogP contribution in [0.5, 0.6) is 0 Å². The Balaban J connectivity index is 3.13. The third-order valence-electron chi connectivity index (χ3n) is 1.65.